The van der Waals surface area contributed by atoms with Crippen LogP contribution in [0.3, 0.4) is 0 Å². The maximum atomic E-state index is 6.31. The number of hydrogen-bond acceptors (Lipinski definition) is 1. The Balaban J connectivity index is 2.04. The van der Waals surface area contributed by atoms with Gasteiger partial charge in [0.15, 0.2) is 0 Å². The number of benzene rings is 2. The highest BCUT2D eigenvalue weighted by atomic mass is 35.5. The number of halogens is 1. The smallest absolute Gasteiger partial charge is 0.0987 e. The first-order valence-corrected chi connectivity index (χ1v) is 6.05. The van der Waals surface area contributed by atoms with Crippen LogP contribution in [0.2, 0.25) is 0 Å². The summed E-state index contributed by atoms with van der Waals surface area (Å²) in [6.45, 7) is 0. The molecule has 1 heterocycles. The zero-order chi connectivity index (χ0) is 12.4. The van der Waals surface area contributed by atoms with E-state index in [2.05, 4.69) is 29.2 Å². The van der Waals surface area contributed by atoms with Gasteiger partial charge >= 0.3 is 0 Å². The van der Waals surface area contributed by atoms with E-state index in [4.69, 9.17) is 11.6 Å². The Bertz CT molecular complexity index is 699. The number of nitrogens with zero attached hydrogens (tertiary/aromatic N) is 2. The number of fused-ring (bicyclic) bond motifs is 1. The number of rotatable bonds is 2. The topological polar surface area (TPSA) is 17.8 Å². The Labute approximate surface area is 110 Å². The molecule has 0 fully saturated rings. The lowest BCUT2D eigenvalue weighted by atomic mass is 10.1. The highest BCUT2D eigenvalue weighted by molar-refractivity contribution is 6.50. The fraction of sp³-hybridized carbons (Fsp3) is 0. The van der Waals surface area contributed by atoms with E-state index in [0.29, 0.717) is 5.03 Å². The maximum absolute atomic E-state index is 6.31. The minimum Gasteiger partial charge on any atom is -0.312 e. The fourth-order valence-electron chi connectivity index (χ4n) is 1.89. The first-order chi connectivity index (χ1) is 8.83. The average Bonchev–Trinajstić information content (AvgIpc) is 2.91. The summed E-state index contributed by atoms with van der Waals surface area (Å²) in [5.41, 5.74) is 1.00. The standard InChI is InChI=1S/C15H11ClN2/c16-15(10-18-8-7-17-11-18)14-6-5-12-3-1-2-4-13(12)9-14/h1-11H/b15-10-. The van der Waals surface area contributed by atoms with Crippen molar-refractivity contribution in [3.8, 4) is 0 Å². The van der Waals surface area contributed by atoms with Crippen LogP contribution in [0.1, 0.15) is 5.56 Å². The minimum absolute atomic E-state index is 0.693. The highest BCUT2D eigenvalue weighted by Crippen LogP contribution is 2.24. The fourth-order valence-corrected chi connectivity index (χ4v) is 2.12. The molecule has 3 aromatic rings. The molecule has 1 aromatic heterocycles. The normalized spacial score (nSPS) is 11.9. The van der Waals surface area contributed by atoms with Gasteiger partial charge in [-0.1, -0.05) is 48.0 Å². The molecule has 0 radical (unpaired) electrons. The van der Waals surface area contributed by atoms with Crippen LogP contribution in [0, 0.1) is 0 Å². The molecule has 3 heteroatoms. The van der Waals surface area contributed by atoms with Crippen LogP contribution in [0.4, 0.5) is 0 Å². The van der Waals surface area contributed by atoms with Crippen molar-refractivity contribution in [3.05, 3.63) is 66.7 Å². The van der Waals surface area contributed by atoms with Crippen LogP contribution in [0.15, 0.2) is 61.2 Å². The molecule has 2 nitrogen and oxygen atoms in total. The average molecular weight is 255 g/mol. The van der Waals surface area contributed by atoms with Crippen LogP contribution < -0.4 is 0 Å². The SMILES string of the molecule is Cl/C(=C\n1ccnc1)c1ccc2ccccc2c1. The molecule has 0 spiro atoms. The van der Waals surface area contributed by atoms with Crippen molar-refractivity contribution in [2.24, 2.45) is 0 Å². The zero-order valence-electron chi connectivity index (χ0n) is 9.62. The van der Waals surface area contributed by atoms with Crippen molar-refractivity contribution in [2.75, 3.05) is 0 Å². The van der Waals surface area contributed by atoms with Gasteiger partial charge in [-0.2, -0.15) is 0 Å². The summed E-state index contributed by atoms with van der Waals surface area (Å²) in [6.07, 6.45) is 7.13. The molecule has 2 aromatic carbocycles. The van der Waals surface area contributed by atoms with E-state index in [0.717, 1.165) is 5.56 Å². The van der Waals surface area contributed by atoms with Gasteiger partial charge in [0.05, 0.1) is 11.4 Å². The Hall–Kier alpha value is -2.06. The summed E-state index contributed by atoms with van der Waals surface area (Å²) in [4.78, 5) is 3.98. The van der Waals surface area contributed by atoms with Gasteiger partial charge in [0.1, 0.15) is 0 Å². The molecule has 0 atom stereocenters. The van der Waals surface area contributed by atoms with Crippen molar-refractivity contribution in [1.82, 2.24) is 9.55 Å². The minimum atomic E-state index is 0.693. The second-order valence-corrected chi connectivity index (χ2v) is 4.46. The molecular formula is C15H11ClN2. The Morgan fingerprint density at radius 2 is 1.94 bits per heavy atom. The first-order valence-electron chi connectivity index (χ1n) is 5.67. The van der Waals surface area contributed by atoms with Gasteiger partial charge in [-0.15, -0.1) is 0 Å². The lowest BCUT2D eigenvalue weighted by Gasteiger charge is -2.03. The molecule has 0 aliphatic rings. The summed E-state index contributed by atoms with van der Waals surface area (Å²) in [6, 6.07) is 14.4. The molecule has 0 aliphatic heterocycles. The zero-order valence-corrected chi connectivity index (χ0v) is 10.4. The summed E-state index contributed by atoms with van der Waals surface area (Å²) < 4.78 is 1.83. The van der Waals surface area contributed by atoms with Crippen LogP contribution in [0.25, 0.3) is 22.0 Å². The van der Waals surface area contributed by atoms with Crippen LogP contribution in [0.5, 0.6) is 0 Å². The van der Waals surface area contributed by atoms with Crippen molar-refractivity contribution >= 4 is 33.6 Å². The van der Waals surface area contributed by atoms with Crippen molar-refractivity contribution in [1.29, 1.82) is 0 Å². The van der Waals surface area contributed by atoms with Crippen LogP contribution >= 0.6 is 11.6 Å². The Morgan fingerprint density at radius 1 is 1.11 bits per heavy atom. The Morgan fingerprint density at radius 3 is 2.72 bits per heavy atom. The second-order valence-electron chi connectivity index (χ2n) is 4.05. The van der Waals surface area contributed by atoms with Gasteiger partial charge in [-0.3, -0.25) is 0 Å². The van der Waals surface area contributed by atoms with Crippen molar-refractivity contribution in [2.45, 2.75) is 0 Å². The van der Waals surface area contributed by atoms with E-state index in [1.807, 2.05) is 35.2 Å². The first kappa shape index (κ1) is 11.1. The van der Waals surface area contributed by atoms with Gasteiger partial charge in [0.2, 0.25) is 0 Å². The maximum Gasteiger partial charge on any atom is 0.0987 e. The van der Waals surface area contributed by atoms with E-state index in [9.17, 15) is 0 Å². The quantitative estimate of drug-likeness (QED) is 0.669. The highest BCUT2D eigenvalue weighted by Gasteiger charge is 2.00. The number of hydrogen-bond donors (Lipinski definition) is 0. The largest absolute Gasteiger partial charge is 0.312 e. The van der Waals surface area contributed by atoms with E-state index in [1.165, 1.54) is 10.8 Å². The summed E-state index contributed by atoms with van der Waals surface area (Å²) >= 11 is 6.31. The monoisotopic (exact) mass is 254 g/mol. The third-order valence-corrected chi connectivity index (χ3v) is 3.13. The van der Waals surface area contributed by atoms with E-state index in [-0.39, 0.29) is 0 Å². The third kappa shape index (κ3) is 2.15. The van der Waals surface area contributed by atoms with Gasteiger partial charge < -0.3 is 4.57 Å². The third-order valence-electron chi connectivity index (χ3n) is 2.81. The predicted molar refractivity (Wildman–Crippen MR) is 76.2 cm³/mol. The number of imidazole rings is 1. The molecule has 0 saturated heterocycles. The van der Waals surface area contributed by atoms with Gasteiger partial charge in [0, 0.05) is 18.6 Å². The van der Waals surface area contributed by atoms with Crippen LogP contribution in [-0.2, 0) is 0 Å². The molecule has 0 N–H and O–H groups in total. The van der Waals surface area contributed by atoms with E-state index in [1.54, 1.807) is 12.5 Å². The Kier molecular flexibility index (Phi) is 2.87. The van der Waals surface area contributed by atoms with Gasteiger partial charge in [0.25, 0.3) is 0 Å². The molecule has 0 unspecified atom stereocenters. The molecule has 0 amide bonds. The van der Waals surface area contributed by atoms with Crippen LogP contribution in [-0.4, -0.2) is 9.55 Å². The summed E-state index contributed by atoms with van der Waals surface area (Å²) in [5, 5.41) is 3.10. The molecule has 3 rings (SSSR count). The molecular weight excluding hydrogens is 244 g/mol. The number of aromatic nitrogens is 2. The lowest BCUT2D eigenvalue weighted by molar-refractivity contribution is 1.14. The summed E-state index contributed by atoms with van der Waals surface area (Å²) in [7, 11) is 0. The molecule has 18 heavy (non-hydrogen) atoms. The van der Waals surface area contributed by atoms with Crippen molar-refractivity contribution < 1.29 is 0 Å². The lowest BCUT2D eigenvalue weighted by Crippen LogP contribution is -1.83. The second kappa shape index (κ2) is 4.67. The summed E-state index contributed by atoms with van der Waals surface area (Å²) in [5.74, 6) is 0. The van der Waals surface area contributed by atoms with E-state index >= 15 is 0 Å². The molecule has 0 bridgehead atoms. The molecule has 88 valence electrons. The van der Waals surface area contributed by atoms with Crippen molar-refractivity contribution in [3.63, 3.8) is 0 Å². The molecule has 0 aliphatic carbocycles. The van der Waals surface area contributed by atoms with Gasteiger partial charge in [-0.25, -0.2) is 4.98 Å². The van der Waals surface area contributed by atoms with E-state index < -0.39 is 0 Å². The van der Waals surface area contributed by atoms with Gasteiger partial charge in [-0.05, 0) is 22.4 Å². The molecule has 0 saturated carbocycles. The predicted octanol–water partition coefficient (Wildman–Crippen LogP) is 4.23.